The van der Waals surface area contributed by atoms with Crippen LogP contribution in [-0.2, 0) is 16.1 Å². The molecule has 1 amide bonds. The van der Waals surface area contributed by atoms with Gasteiger partial charge < -0.3 is 15.2 Å². The van der Waals surface area contributed by atoms with Gasteiger partial charge in [0.15, 0.2) is 0 Å². The predicted molar refractivity (Wildman–Crippen MR) is 75.5 cm³/mol. The number of amides is 1. The van der Waals surface area contributed by atoms with Crippen LogP contribution in [0, 0.1) is 17.3 Å². The maximum atomic E-state index is 11.7. The number of nitrogens with one attached hydrogen (secondary N) is 1. The molecule has 5 heteroatoms. The Morgan fingerprint density at radius 1 is 1.24 bits per heavy atom. The first kappa shape index (κ1) is 13.9. The zero-order valence-electron chi connectivity index (χ0n) is 11.7. The van der Waals surface area contributed by atoms with Gasteiger partial charge in [-0.3, -0.25) is 4.79 Å². The van der Waals surface area contributed by atoms with E-state index in [-0.39, 0.29) is 13.2 Å². The van der Waals surface area contributed by atoms with Gasteiger partial charge in [0.25, 0.3) is 0 Å². The van der Waals surface area contributed by atoms with Crippen molar-refractivity contribution in [3.63, 3.8) is 0 Å². The highest BCUT2D eigenvalue weighted by atomic mass is 16.5. The quantitative estimate of drug-likeness (QED) is 0.873. The van der Waals surface area contributed by atoms with Crippen molar-refractivity contribution < 1.29 is 19.4 Å². The summed E-state index contributed by atoms with van der Waals surface area (Å²) in [6.45, 7) is 0.348. The molecule has 2 atom stereocenters. The number of carbonyl (C=O) groups is 2. The molecule has 0 aromatic heterocycles. The molecule has 2 aliphatic rings. The number of hydrogen-bond acceptors (Lipinski definition) is 3. The minimum atomic E-state index is -0.807. The largest absolute Gasteiger partial charge is 0.481 e. The molecule has 2 unspecified atom stereocenters. The molecule has 2 N–H and O–H groups in total. The molecule has 0 saturated heterocycles. The van der Waals surface area contributed by atoms with Gasteiger partial charge in [-0.15, -0.1) is 0 Å². The number of rotatable bonds is 5. The predicted octanol–water partition coefficient (Wildman–Crippen LogP) is 2.41. The van der Waals surface area contributed by atoms with Crippen molar-refractivity contribution in [1.29, 1.82) is 0 Å². The van der Waals surface area contributed by atoms with Gasteiger partial charge in [0.05, 0.1) is 5.41 Å². The first-order valence-electron chi connectivity index (χ1n) is 7.27. The Hall–Kier alpha value is -2.04. The average molecular weight is 289 g/mol. The minimum Gasteiger partial charge on any atom is -0.481 e. The van der Waals surface area contributed by atoms with E-state index in [1.165, 1.54) is 0 Å². The highest BCUT2D eigenvalue weighted by molar-refractivity contribution is 5.77. The molecule has 112 valence electrons. The first-order chi connectivity index (χ1) is 10.1. The third-order valence-corrected chi connectivity index (χ3v) is 4.61. The number of carboxylic acid groups (broad SMARTS) is 1. The SMILES string of the molecule is O=C(NCC1(C(=O)O)CC2CC2C1)OCc1ccccc1. The van der Waals surface area contributed by atoms with E-state index in [0.717, 1.165) is 12.0 Å². The van der Waals surface area contributed by atoms with Crippen molar-refractivity contribution in [2.75, 3.05) is 6.54 Å². The molecular weight excluding hydrogens is 270 g/mol. The van der Waals surface area contributed by atoms with Crippen LogP contribution >= 0.6 is 0 Å². The Labute approximate surface area is 123 Å². The number of carboxylic acids is 1. The summed E-state index contributed by atoms with van der Waals surface area (Å²) >= 11 is 0. The Morgan fingerprint density at radius 3 is 2.52 bits per heavy atom. The van der Waals surface area contributed by atoms with Crippen LogP contribution in [0.15, 0.2) is 30.3 Å². The summed E-state index contributed by atoms with van der Waals surface area (Å²) in [5, 5.41) is 12.0. The van der Waals surface area contributed by atoms with Gasteiger partial charge in [0, 0.05) is 6.54 Å². The van der Waals surface area contributed by atoms with Gasteiger partial charge in [-0.2, -0.15) is 0 Å². The number of carbonyl (C=O) groups excluding carboxylic acids is 1. The Bertz CT molecular complexity index is 532. The molecule has 1 aromatic carbocycles. The highest BCUT2D eigenvalue weighted by Gasteiger charge is 2.57. The van der Waals surface area contributed by atoms with Crippen LogP contribution < -0.4 is 5.32 Å². The molecule has 3 rings (SSSR count). The maximum absolute atomic E-state index is 11.7. The van der Waals surface area contributed by atoms with Crippen LogP contribution in [0.4, 0.5) is 4.79 Å². The second-order valence-electron chi connectivity index (χ2n) is 6.16. The zero-order chi connectivity index (χ0) is 14.9. The normalized spacial score (nSPS) is 29.5. The number of alkyl carbamates (subject to hydrolysis) is 1. The van der Waals surface area contributed by atoms with Gasteiger partial charge in [-0.25, -0.2) is 4.79 Å². The third kappa shape index (κ3) is 3.01. The molecule has 2 aliphatic carbocycles. The summed E-state index contributed by atoms with van der Waals surface area (Å²) in [4.78, 5) is 23.2. The number of benzene rings is 1. The molecule has 2 saturated carbocycles. The maximum Gasteiger partial charge on any atom is 0.407 e. The van der Waals surface area contributed by atoms with E-state index in [0.29, 0.717) is 24.7 Å². The van der Waals surface area contributed by atoms with Crippen LogP contribution in [0.25, 0.3) is 0 Å². The molecule has 0 aliphatic heterocycles. The molecule has 0 radical (unpaired) electrons. The zero-order valence-corrected chi connectivity index (χ0v) is 11.7. The van der Waals surface area contributed by atoms with Crippen LogP contribution in [0.3, 0.4) is 0 Å². The molecule has 1 aromatic rings. The molecule has 5 nitrogen and oxygen atoms in total. The summed E-state index contributed by atoms with van der Waals surface area (Å²) in [7, 11) is 0. The van der Waals surface area contributed by atoms with E-state index in [9.17, 15) is 14.7 Å². The van der Waals surface area contributed by atoms with Crippen molar-refractivity contribution in [2.45, 2.75) is 25.9 Å². The van der Waals surface area contributed by atoms with E-state index >= 15 is 0 Å². The van der Waals surface area contributed by atoms with Crippen molar-refractivity contribution in [2.24, 2.45) is 17.3 Å². The molecule has 0 bridgehead atoms. The van der Waals surface area contributed by atoms with Crippen molar-refractivity contribution in [3.8, 4) is 0 Å². The van der Waals surface area contributed by atoms with Crippen LogP contribution in [0.1, 0.15) is 24.8 Å². The third-order valence-electron chi connectivity index (χ3n) is 4.61. The number of fused-ring (bicyclic) bond motifs is 1. The first-order valence-corrected chi connectivity index (χ1v) is 7.27. The van der Waals surface area contributed by atoms with Gasteiger partial charge >= 0.3 is 12.1 Å². The lowest BCUT2D eigenvalue weighted by Crippen LogP contribution is -2.42. The van der Waals surface area contributed by atoms with E-state index in [1.807, 2.05) is 30.3 Å². The summed E-state index contributed by atoms with van der Waals surface area (Å²) < 4.78 is 5.11. The smallest absolute Gasteiger partial charge is 0.407 e. The van der Waals surface area contributed by atoms with Crippen LogP contribution in [0.2, 0.25) is 0 Å². The summed E-state index contributed by atoms with van der Waals surface area (Å²) in [5.41, 5.74) is 0.113. The molecule has 0 heterocycles. The highest BCUT2D eigenvalue weighted by Crippen LogP contribution is 2.59. The van der Waals surface area contributed by atoms with Gasteiger partial charge in [-0.1, -0.05) is 30.3 Å². The van der Waals surface area contributed by atoms with E-state index < -0.39 is 17.5 Å². The fourth-order valence-corrected chi connectivity index (χ4v) is 3.31. The van der Waals surface area contributed by atoms with Crippen LogP contribution in [0.5, 0.6) is 0 Å². The van der Waals surface area contributed by atoms with Gasteiger partial charge in [-0.05, 0) is 36.7 Å². The Balaban J connectivity index is 1.48. The van der Waals surface area contributed by atoms with Crippen molar-refractivity contribution in [1.82, 2.24) is 5.32 Å². The monoisotopic (exact) mass is 289 g/mol. The molecule has 0 spiro atoms. The van der Waals surface area contributed by atoms with Crippen molar-refractivity contribution in [3.05, 3.63) is 35.9 Å². The second-order valence-corrected chi connectivity index (χ2v) is 6.16. The fraction of sp³-hybridized carbons (Fsp3) is 0.500. The number of ether oxygens (including phenoxy) is 1. The molecule has 2 fully saturated rings. The van der Waals surface area contributed by atoms with Gasteiger partial charge in [0.2, 0.25) is 0 Å². The van der Waals surface area contributed by atoms with E-state index in [2.05, 4.69) is 5.32 Å². The molecule has 21 heavy (non-hydrogen) atoms. The lowest BCUT2D eigenvalue weighted by atomic mass is 9.83. The van der Waals surface area contributed by atoms with E-state index in [1.54, 1.807) is 0 Å². The average Bonchev–Trinajstić information content (AvgIpc) is 3.11. The van der Waals surface area contributed by atoms with Crippen LogP contribution in [-0.4, -0.2) is 23.7 Å². The molecular formula is C16H19NO4. The number of aliphatic carboxylic acids is 1. The second kappa shape index (κ2) is 5.39. The standard InChI is InChI=1S/C16H19NO4/c18-14(19)16(7-12-6-13(12)8-16)10-17-15(20)21-9-11-4-2-1-3-5-11/h1-5,12-13H,6-10H2,(H,17,20)(H,18,19). The number of hydrogen-bond donors (Lipinski definition) is 2. The van der Waals surface area contributed by atoms with Gasteiger partial charge in [0.1, 0.15) is 6.61 Å². The minimum absolute atomic E-state index is 0.156. The Morgan fingerprint density at radius 2 is 1.90 bits per heavy atom. The summed E-state index contributed by atoms with van der Waals surface area (Å²) in [6, 6.07) is 9.39. The lowest BCUT2D eigenvalue weighted by Gasteiger charge is -2.25. The topological polar surface area (TPSA) is 75.6 Å². The summed E-state index contributed by atoms with van der Waals surface area (Å²) in [6.07, 6.45) is 1.94. The lowest BCUT2D eigenvalue weighted by molar-refractivity contribution is -0.148. The Kier molecular flexibility index (Phi) is 3.57. The van der Waals surface area contributed by atoms with E-state index in [4.69, 9.17) is 4.74 Å². The fourth-order valence-electron chi connectivity index (χ4n) is 3.31. The van der Waals surface area contributed by atoms with Crippen molar-refractivity contribution >= 4 is 12.1 Å². The summed E-state index contributed by atoms with van der Waals surface area (Å²) in [5.74, 6) is 0.282.